The van der Waals surface area contributed by atoms with E-state index in [9.17, 15) is 9.18 Å². The van der Waals surface area contributed by atoms with Crippen molar-refractivity contribution in [3.8, 4) is 0 Å². The van der Waals surface area contributed by atoms with Gasteiger partial charge in [-0.1, -0.05) is 15.9 Å². The van der Waals surface area contributed by atoms with Crippen LogP contribution in [0.1, 0.15) is 15.9 Å². The molecule has 0 saturated carbocycles. The molecule has 0 spiro atoms. The summed E-state index contributed by atoms with van der Waals surface area (Å²) in [7, 11) is 0. The minimum Gasteiger partial charge on any atom is -0.457 e. The fourth-order valence-electron chi connectivity index (χ4n) is 1.60. The Labute approximate surface area is 132 Å². The second kappa shape index (κ2) is 6.37. The highest BCUT2D eigenvalue weighted by Crippen LogP contribution is 2.21. The van der Waals surface area contributed by atoms with Crippen molar-refractivity contribution in [1.29, 1.82) is 0 Å². The van der Waals surface area contributed by atoms with Crippen molar-refractivity contribution in [3.63, 3.8) is 0 Å². The molecule has 6 heteroatoms. The van der Waals surface area contributed by atoms with Crippen molar-refractivity contribution in [2.45, 2.75) is 6.61 Å². The molecule has 0 saturated heterocycles. The zero-order valence-electron chi connectivity index (χ0n) is 10.2. The smallest absolute Gasteiger partial charge is 0.338 e. The van der Waals surface area contributed by atoms with Gasteiger partial charge in [0.05, 0.1) is 5.56 Å². The van der Waals surface area contributed by atoms with Crippen molar-refractivity contribution in [2.24, 2.45) is 0 Å². The van der Waals surface area contributed by atoms with E-state index in [0.717, 1.165) is 0 Å². The lowest BCUT2D eigenvalue weighted by Crippen LogP contribution is -2.06. The summed E-state index contributed by atoms with van der Waals surface area (Å²) < 4.78 is 19.6. The van der Waals surface area contributed by atoms with Gasteiger partial charge in [0.15, 0.2) is 0 Å². The van der Waals surface area contributed by atoms with Gasteiger partial charge in [0.25, 0.3) is 0 Å². The first kappa shape index (κ1) is 15.0. The molecule has 0 aliphatic carbocycles. The van der Waals surface area contributed by atoms with E-state index in [1.807, 2.05) is 0 Å². The lowest BCUT2D eigenvalue weighted by atomic mass is 10.2. The predicted molar refractivity (Wildman–Crippen MR) is 81.8 cm³/mol. The minimum absolute atomic E-state index is 0.00877. The highest BCUT2D eigenvalue weighted by molar-refractivity contribution is 9.10. The van der Waals surface area contributed by atoms with Crippen LogP contribution in [0.4, 0.5) is 10.1 Å². The van der Waals surface area contributed by atoms with Gasteiger partial charge in [-0.25, -0.2) is 9.18 Å². The molecule has 2 rings (SSSR count). The number of rotatable bonds is 3. The van der Waals surface area contributed by atoms with Crippen molar-refractivity contribution in [1.82, 2.24) is 0 Å². The van der Waals surface area contributed by atoms with Crippen LogP contribution in [-0.4, -0.2) is 5.97 Å². The first-order valence-corrected chi connectivity index (χ1v) is 7.21. The fraction of sp³-hybridized carbons (Fsp3) is 0.0714. The maximum absolute atomic E-state index is 13.2. The molecule has 0 atom stereocenters. The highest BCUT2D eigenvalue weighted by Gasteiger charge is 2.09. The van der Waals surface area contributed by atoms with E-state index in [2.05, 4.69) is 31.9 Å². The van der Waals surface area contributed by atoms with Crippen LogP contribution in [0.5, 0.6) is 0 Å². The average molecular weight is 403 g/mol. The largest absolute Gasteiger partial charge is 0.457 e. The van der Waals surface area contributed by atoms with Gasteiger partial charge in [-0.2, -0.15) is 0 Å². The second-order valence-electron chi connectivity index (χ2n) is 4.09. The van der Waals surface area contributed by atoms with Gasteiger partial charge in [-0.05, 0) is 57.9 Å². The minimum atomic E-state index is -0.510. The molecule has 0 heterocycles. The van der Waals surface area contributed by atoms with Crippen LogP contribution in [0.25, 0.3) is 0 Å². The second-order valence-corrected chi connectivity index (χ2v) is 5.86. The summed E-state index contributed by atoms with van der Waals surface area (Å²) >= 11 is 6.43. The molecule has 0 fully saturated rings. The lowest BCUT2D eigenvalue weighted by molar-refractivity contribution is 0.0472. The van der Waals surface area contributed by atoms with Crippen molar-refractivity contribution in [2.75, 3.05) is 5.73 Å². The molecule has 0 aliphatic heterocycles. The number of benzene rings is 2. The number of nitrogens with two attached hydrogens (primary N) is 1. The molecule has 2 aromatic rings. The third-order valence-corrected chi connectivity index (χ3v) is 3.70. The summed E-state index contributed by atoms with van der Waals surface area (Å²) in [6.07, 6.45) is 0. The fourth-order valence-corrected chi connectivity index (χ4v) is 2.36. The van der Waals surface area contributed by atoms with Crippen LogP contribution in [0.15, 0.2) is 45.3 Å². The lowest BCUT2D eigenvalue weighted by Gasteiger charge is -2.07. The Morgan fingerprint density at radius 3 is 2.60 bits per heavy atom. The van der Waals surface area contributed by atoms with Crippen LogP contribution in [-0.2, 0) is 11.3 Å². The quantitative estimate of drug-likeness (QED) is 0.615. The van der Waals surface area contributed by atoms with Crippen LogP contribution in [0.3, 0.4) is 0 Å². The summed E-state index contributed by atoms with van der Waals surface area (Å²) in [5, 5.41) is 0. The van der Waals surface area contributed by atoms with Crippen molar-refractivity contribution >= 4 is 43.5 Å². The van der Waals surface area contributed by atoms with Crippen molar-refractivity contribution in [3.05, 3.63) is 62.3 Å². The zero-order chi connectivity index (χ0) is 14.7. The number of hydrogen-bond acceptors (Lipinski definition) is 3. The van der Waals surface area contributed by atoms with E-state index >= 15 is 0 Å². The first-order valence-electron chi connectivity index (χ1n) is 5.63. The molecular weight excluding hydrogens is 393 g/mol. The van der Waals surface area contributed by atoms with Gasteiger partial charge in [-0.15, -0.1) is 0 Å². The number of carbonyl (C=O) groups excluding carboxylic acids is 1. The van der Waals surface area contributed by atoms with E-state index in [0.29, 0.717) is 25.8 Å². The van der Waals surface area contributed by atoms with E-state index in [1.54, 1.807) is 18.2 Å². The van der Waals surface area contributed by atoms with Gasteiger partial charge >= 0.3 is 5.97 Å². The Hall–Kier alpha value is -1.40. The van der Waals surface area contributed by atoms with Crippen LogP contribution >= 0.6 is 31.9 Å². The van der Waals surface area contributed by atoms with Gasteiger partial charge in [-0.3, -0.25) is 0 Å². The number of hydrogen-bond donors (Lipinski definition) is 1. The van der Waals surface area contributed by atoms with Crippen LogP contribution < -0.4 is 5.73 Å². The molecule has 0 bridgehead atoms. The number of esters is 1. The van der Waals surface area contributed by atoms with E-state index in [1.165, 1.54) is 18.2 Å². The third-order valence-electron chi connectivity index (χ3n) is 2.52. The third kappa shape index (κ3) is 3.80. The maximum atomic E-state index is 13.2. The standard InChI is InChI=1S/C14H10Br2FNO2/c15-10-3-8(4-11(17)6-10)7-20-14(19)9-1-2-12(16)13(18)5-9/h1-6H,7,18H2. The molecule has 0 radical (unpaired) electrons. The molecule has 104 valence electrons. The highest BCUT2D eigenvalue weighted by atomic mass is 79.9. The molecule has 3 nitrogen and oxygen atoms in total. The summed E-state index contributed by atoms with van der Waals surface area (Å²) in [5.41, 5.74) is 7.06. The molecule has 0 unspecified atom stereocenters. The Morgan fingerprint density at radius 1 is 1.20 bits per heavy atom. The maximum Gasteiger partial charge on any atom is 0.338 e. The van der Waals surface area contributed by atoms with Gasteiger partial charge < -0.3 is 10.5 Å². The molecule has 20 heavy (non-hydrogen) atoms. The van der Waals surface area contributed by atoms with Crippen LogP contribution in [0.2, 0.25) is 0 Å². The SMILES string of the molecule is Nc1cc(C(=O)OCc2cc(F)cc(Br)c2)ccc1Br. The topological polar surface area (TPSA) is 52.3 Å². The van der Waals surface area contributed by atoms with E-state index < -0.39 is 11.8 Å². The van der Waals surface area contributed by atoms with Crippen molar-refractivity contribution < 1.29 is 13.9 Å². The zero-order valence-corrected chi connectivity index (χ0v) is 13.4. The monoisotopic (exact) mass is 401 g/mol. The summed E-state index contributed by atoms with van der Waals surface area (Å²) in [6, 6.07) is 9.13. The summed E-state index contributed by atoms with van der Waals surface area (Å²) in [6.45, 7) is -0.00877. The molecule has 0 amide bonds. The van der Waals surface area contributed by atoms with Gasteiger partial charge in [0, 0.05) is 14.6 Å². The first-order chi connectivity index (χ1) is 9.45. The number of halogens is 3. The number of nitrogen functional groups attached to an aromatic ring is 1. The Balaban J connectivity index is 2.06. The van der Waals surface area contributed by atoms with Gasteiger partial charge in [0.2, 0.25) is 0 Å². The number of anilines is 1. The summed E-state index contributed by atoms with van der Waals surface area (Å²) in [4.78, 5) is 11.9. The van der Waals surface area contributed by atoms with E-state index in [-0.39, 0.29) is 6.61 Å². The van der Waals surface area contributed by atoms with Crippen LogP contribution in [0, 0.1) is 5.82 Å². The Morgan fingerprint density at radius 2 is 1.95 bits per heavy atom. The molecule has 2 aromatic carbocycles. The normalized spacial score (nSPS) is 10.3. The summed E-state index contributed by atoms with van der Waals surface area (Å²) in [5.74, 6) is -0.900. The Kier molecular flexibility index (Phi) is 4.77. The number of ether oxygens (including phenoxy) is 1. The molecule has 0 aliphatic rings. The van der Waals surface area contributed by atoms with E-state index in [4.69, 9.17) is 10.5 Å². The predicted octanol–water partition coefficient (Wildman–Crippen LogP) is 4.29. The Bertz CT molecular complexity index is 641. The average Bonchev–Trinajstić information content (AvgIpc) is 2.38. The van der Waals surface area contributed by atoms with Gasteiger partial charge in [0.1, 0.15) is 12.4 Å². The molecule has 2 N–H and O–H groups in total. The molecular formula is C14H10Br2FNO2. The molecule has 0 aromatic heterocycles. The number of carbonyl (C=O) groups is 1.